The van der Waals surface area contributed by atoms with Crippen LogP contribution in [0, 0.1) is 0 Å². The number of alkyl halides is 3. The van der Waals surface area contributed by atoms with Crippen LogP contribution in [0.15, 0.2) is 54.6 Å². The number of nitrogens with one attached hydrogen (secondary N) is 1. The molecule has 1 aliphatic heterocycles. The molecule has 0 saturated carbocycles. The standard InChI is InChI=1S/C18H16F3N3O3/c19-18(20,21)27-15-8-6-13(7-9-15)22-16(25)12-23-10-11-24(17(23)26)14-4-2-1-3-5-14/h1-9H,10-12H2,(H,22,25). The highest BCUT2D eigenvalue weighted by molar-refractivity contribution is 5.99. The van der Waals surface area contributed by atoms with Gasteiger partial charge in [-0.2, -0.15) is 0 Å². The van der Waals surface area contributed by atoms with E-state index in [0.29, 0.717) is 18.8 Å². The average Bonchev–Trinajstić information content (AvgIpc) is 2.97. The number of nitrogens with zero attached hydrogens (tertiary/aromatic N) is 2. The first-order valence-corrected chi connectivity index (χ1v) is 8.09. The number of hydrogen-bond donors (Lipinski definition) is 1. The second-order valence-electron chi connectivity index (χ2n) is 5.81. The highest BCUT2D eigenvalue weighted by atomic mass is 19.4. The number of rotatable bonds is 5. The van der Waals surface area contributed by atoms with E-state index in [-0.39, 0.29) is 18.3 Å². The van der Waals surface area contributed by atoms with E-state index in [9.17, 15) is 22.8 Å². The van der Waals surface area contributed by atoms with Crippen molar-refractivity contribution in [1.29, 1.82) is 0 Å². The number of benzene rings is 2. The van der Waals surface area contributed by atoms with Crippen LogP contribution in [0.5, 0.6) is 5.75 Å². The predicted molar refractivity (Wildman–Crippen MR) is 92.5 cm³/mol. The normalized spacial score (nSPS) is 14.4. The van der Waals surface area contributed by atoms with Gasteiger partial charge < -0.3 is 15.0 Å². The van der Waals surface area contributed by atoms with Gasteiger partial charge in [0.15, 0.2) is 0 Å². The summed E-state index contributed by atoms with van der Waals surface area (Å²) in [6.45, 7) is 0.724. The lowest BCUT2D eigenvalue weighted by atomic mass is 10.3. The fourth-order valence-corrected chi connectivity index (χ4v) is 2.69. The van der Waals surface area contributed by atoms with E-state index in [1.807, 2.05) is 30.3 Å². The Morgan fingerprint density at radius 1 is 1.04 bits per heavy atom. The molecule has 27 heavy (non-hydrogen) atoms. The maximum absolute atomic E-state index is 12.4. The molecule has 0 radical (unpaired) electrons. The maximum atomic E-state index is 12.4. The number of ether oxygens (including phenoxy) is 1. The van der Waals surface area contributed by atoms with Crippen molar-refractivity contribution in [3.63, 3.8) is 0 Å². The zero-order valence-corrected chi connectivity index (χ0v) is 14.1. The molecule has 0 unspecified atom stereocenters. The summed E-state index contributed by atoms with van der Waals surface area (Å²) < 4.78 is 40.2. The molecule has 1 aliphatic rings. The Balaban J connectivity index is 1.54. The van der Waals surface area contributed by atoms with Gasteiger partial charge in [-0.1, -0.05) is 18.2 Å². The fraction of sp³-hybridized carbons (Fsp3) is 0.222. The molecule has 0 spiro atoms. The van der Waals surface area contributed by atoms with Crippen LogP contribution in [0.2, 0.25) is 0 Å². The van der Waals surface area contributed by atoms with Crippen molar-refractivity contribution < 1.29 is 27.5 Å². The largest absolute Gasteiger partial charge is 0.573 e. The molecule has 0 aromatic heterocycles. The van der Waals surface area contributed by atoms with E-state index < -0.39 is 12.3 Å². The minimum atomic E-state index is -4.77. The van der Waals surface area contributed by atoms with Gasteiger partial charge in [0.2, 0.25) is 5.91 Å². The molecule has 6 nitrogen and oxygen atoms in total. The van der Waals surface area contributed by atoms with Crippen molar-refractivity contribution >= 4 is 23.3 Å². The third kappa shape index (κ3) is 4.90. The number of carbonyl (C=O) groups excluding carboxylic acids is 2. The van der Waals surface area contributed by atoms with Gasteiger partial charge in [-0.3, -0.25) is 9.69 Å². The quantitative estimate of drug-likeness (QED) is 0.866. The molecule has 1 heterocycles. The zero-order chi connectivity index (χ0) is 19.4. The smallest absolute Gasteiger partial charge is 0.406 e. The van der Waals surface area contributed by atoms with Crippen LogP contribution in [0.3, 0.4) is 0 Å². The Hall–Kier alpha value is -3.23. The summed E-state index contributed by atoms with van der Waals surface area (Å²) in [5.41, 5.74) is 1.06. The monoisotopic (exact) mass is 379 g/mol. The molecule has 0 bridgehead atoms. The fourth-order valence-electron chi connectivity index (χ4n) is 2.69. The van der Waals surface area contributed by atoms with Gasteiger partial charge in [0, 0.05) is 24.5 Å². The molecule has 0 atom stereocenters. The summed E-state index contributed by atoms with van der Waals surface area (Å²) in [5, 5.41) is 2.55. The first-order valence-electron chi connectivity index (χ1n) is 8.09. The third-order valence-electron chi connectivity index (χ3n) is 3.87. The summed E-state index contributed by atoms with van der Waals surface area (Å²) in [5.74, 6) is -0.823. The van der Waals surface area contributed by atoms with Crippen molar-refractivity contribution in [2.24, 2.45) is 0 Å². The minimum absolute atomic E-state index is 0.150. The van der Waals surface area contributed by atoms with Crippen molar-refractivity contribution in [2.45, 2.75) is 6.36 Å². The molecular formula is C18H16F3N3O3. The molecule has 1 saturated heterocycles. The van der Waals surface area contributed by atoms with Gasteiger partial charge in [0.05, 0.1) is 0 Å². The second kappa shape index (κ2) is 7.56. The van der Waals surface area contributed by atoms with E-state index in [2.05, 4.69) is 10.1 Å². The third-order valence-corrected chi connectivity index (χ3v) is 3.87. The topological polar surface area (TPSA) is 61.9 Å². The molecule has 1 fully saturated rings. The molecular weight excluding hydrogens is 363 g/mol. The molecule has 2 aromatic rings. The van der Waals surface area contributed by atoms with E-state index in [4.69, 9.17) is 0 Å². The van der Waals surface area contributed by atoms with E-state index in [1.165, 1.54) is 17.0 Å². The van der Waals surface area contributed by atoms with Crippen LogP contribution in [0.25, 0.3) is 0 Å². The summed E-state index contributed by atoms with van der Waals surface area (Å²) in [4.78, 5) is 27.5. The number of anilines is 2. The van der Waals surface area contributed by atoms with E-state index >= 15 is 0 Å². The van der Waals surface area contributed by atoms with Gasteiger partial charge in [-0.05, 0) is 36.4 Å². The SMILES string of the molecule is O=C(CN1CCN(c2ccccc2)C1=O)Nc1ccc(OC(F)(F)F)cc1. The van der Waals surface area contributed by atoms with Gasteiger partial charge in [-0.15, -0.1) is 13.2 Å². The molecule has 3 amide bonds. The van der Waals surface area contributed by atoms with Crippen LogP contribution in [0.1, 0.15) is 0 Å². The summed E-state index contributed by atoms with van der Waals surface area (Å²) >= 11 is 0. The lowest BCUT2D eigenvalue weighted by molar-refractivity contribution is -0.274. The molecule has 9 heteroatoms. The molecule has 3 rings (SSSR count). The van der Waals surface area contributed by atoms with Gasteiger partial charge in [-0.25, -0.2) is 4.79 Å². The molecule has 0 aliphatic carbocycles. The predicted octanol–water partition coefficient (Wildman–Crippen LogP) is 3.47. The van der Waals surface area contributed by atoms with Crippen LogP contribution >= 0.6 is 0 Å². The number of hydrogen-bond acceptors (Lipinski definition) is 3. The van der Waals surface area contributed by atoms with Gasteiger partial charge in [0.1, 0.15) is 12.3 Å². The van der Waals surface area contributed by atoms with E-state index in [0.717, 1.165) is 17.8 Å². The van der Waals surface area contributed by atoms with E-state index in [1.54, 1.807) is 4.90 Å². The zero-order valence-electron chi connectivity index (χ0n) is 14.1. The lowest BCUT2D eigenvalue weighted by Crippen LogP contribution is -2.37. The highest BCUT2D eigenvalue weighted by Crippen LogP contribution is 2.24. The molecule has 1 N–H and O–H groups in total. The van der Waals surface area contributed by atoms with Crippen molar-refractivity contribution in [3.05, 3.63) is 54.6 Å². The Morgan fingerprint density at radius 3 is 2.33 bits per heavy atom. The summed E-state index contributed by atoms with van der Waals surface area (Å²) in [6.07, 6.45) is -4.77. The van der Waals surface area contributed by atoms with Crippen LogP contribution in [0.4, 0.5) is 29.3 Å². The Bertz CT molecular complexity index is 810. The number of para-hydroxylation sites is 1. The number of carbonyl (C=O) groups is 2. The van der Waals surface area contributed by atoms with Crippen LogP contribution in [-0.4, -0.2) is 42.8 Å². The minimum Gasteiger partial charge on any atom is -0.406 e. The average molecular weight is 379 g/mol. The Morgan fingerprint density at radius 2 is 1.70 bits per heavy atom. The van der Waals surface area contributed by atoms with Crippen molar-refractivity contribution in [2.75, 3.05) is 29.9 Å². The number of urea groups is 1. The summed E-state index contributed by atoms with van der Waals surface area (Å²) in [6, 6.07) is 13.6. The molecule has 142 valence electrons. The number of halogens is 3. The maximum Gasteiger partial charge on any atom is 0.573 e. The Labute approximate surface area is 153 Å². The highest BCUT2D eigenvalue weighted by Gasteiger charge is 2.31. The van der Waals surface area contributed by atoms with Crippen LogP contribution < -0.4 is 15.0 Å². The Kier molecular flexibility index (Phi) is 5.20. The van der Waals surface area contributed by atoms with Gasteiger partial charge in [0.25, 0.3) is 0 Å². The lowest BCUT2D eigenvalue weighted by Gasteiger charge is -2.18. The second-order valence-corrected chi connectivity index (χ2v) is 5.81. The van der Waals surface area contributed by atoms with Crippen molar-refractivity contribution in [3.8, 4) is 5.75 Å². The van der Waals surface area contributed by atoms with Gasteiger partial charge >= 0.3 is 12.4 Å². The van der Waals surface area contributed by atoms with Crippen molar-refractivity contribution in [1.82, 2.24) is 4.90 Å². The molecule has 2 aromatic carbocycles. The van der Waals surface area contributed by atoms with Crippen LogP contribution in [-0.2, 0) is 4.79 Å². The first kappa shape index (κ1) is 18.6. The first-order chi connectivity index (χ1) is 12.8. The summed E-state index contributed by atoms with van der Waals surface area (Å²) in [7, 11) is 0. The number of amides is 3.